The summed E-state index contributed by atoms with van der Waals surface area (Å²) in [7, 11) is 0. The number of hydrogen-bond acceptors (Lipinski definition) is 5. The van der Waals surface area contributed by atoms with Gasteiger partial charge in [0.1, 0.15) is 11.3 Å². The largest absolute Gasteiger partial charge is 0.367 e. The van der Waals surface area contributed by atoms with E-state index >= 15 is 0 Å². The molecule has 8 heteroatoms. The summed E-state index contributed by atoms with van der Waals surface area (Å²) in [6, 6.07) is 20.9. The second kappa shape index (κ2) is 9.95. The van der Waals surface area contributed by atoms with Crippen molar-refractivity contribution >= 4 is 27.8 Å². The van der Waals surface area contributed by atoms with E-state index in [0.717, 1.165) is 78.3 Å². The maximum absolute atomic E-state index is 12.3. The smallest absolute Gasteiger partial charge is 0.316 e. The predicted octanol–water partition coefficient (Wildman–Crippen LogP) is 4.14. The molecule has 0 spiro atoms. The fraction of sp³-hybridized carbons (Fsp3) is 0.300. The quantitative estimate of drug-likeness (QED) is 0.337. The number of para-hydroxylation sites is 1. The Hall–Kier alpha value is -4.17. The maximum atomic E-state index is 12.3. The molecule has 2 N–H and O–H groups in total. The first kappa shape index (κ1) is 24.2. The van der Waals surface area contributed by atoms with Crippen molar-refractivity contribution in [1.29, 1.82) is 0 Å². The summed E-state index contributed by atoms with van der Waals surface area (Å²) >= 11 is 0. The van der Waals surface area contributed by atoms with Crippen LogP contribution in [0.3, 0.4) is 0 Å². The van der Waals surface area contributed by atoms with Crippen molar-refractivity contribution in [2.75, 3.05) is 31.1 Å². The van der Waals surface area contributed by atoms with Gasteiger partial charge >= 0.3 is 11.1 Å². The number of benzene rings is 3. The van der Waals surface area contributed by atoms with Crippen molar-refractivity contribution in [2.45, 2.75) is 33.4 Å². The number of rotatable bonds is 6. The van der Waals surface area contributed by atoms with E-state index in [0.29, 0.717) is 12.1 Å². The van der Waals surface area contributed by atoms with Gasteiger partial charge in [-0.2, -0.15) is 0 Å². The van der Waals surface area contributed by atoms with Crippen molar-refractivity contribution in [2.24, 2.45) is 0 Å². The van der Waals surface area contributed by atoms with Crippen LogP contribution in [0.25, 0.3) is 33.5 Å². The highest BCUT2D eigenvalue weighted by atomic mass is 16.2. The van der Waals surface area contributed by atoms with E-state index in [1.807, 2.05) is 25.1 Å². The monoisotopic (exact) mass is 508 g/mol. The zero-order valence-corrected chi connectivity index (χ0v) is 21.8. The van der Waals surface area contributed by atoms with Gasteiger partial charge in [-0.3, -0.25) is 14.5 Å². The Morgan fingerprint density at radius 2 is 1.61 bits per heavy atom. The Morgan fingerprint density at radius 1 is 0.842 bits per heavy atom. The summed E-state index contributed by atoms with van der Waals surface area (Å²) in [5, 5.41) is 0. The Bertz CT molecular complexity index is 1720. The van der Waals surface area contributed by atoms with Gasteiger partial charge in [0.15, 0.2) is 0 Å². The minimum atomic E-state index is -0.573. The van der Waals surface area contributed by atoms with Gasteiger partial charge in [0.05, 0.1) is 22.2 Å². The first-order valence-electron chi connectivity index (χ1n) is 13.3. The van der Waals surface area contributed by atoms with Crippen molar-refractivity contribution in [1.82, 2.24) is 24.4 Å². The van der Waals surface area contributed by atoms with Crippen LogP contribution in [-0.2, 0) is 19.5 Å². The van der Waals surface area contributed by atoms with E-state index < -0.39 is 11.1 Å². The van der Waals surface area contributed by atoms with Crippen molar-refractivity contribution in [3.63, 3.8) is 0 Å². The minimum Gasteiger partial charge on any atom is -0.367 e. The van der Waals surface area contributed by atoms with Gasteiger partial charge in [-0.1, -0.05) is 43.3 Å². The minimum absolute atomic E-state index is 0.464. The van der Waals surface area contributed by atoms with E-state index in [1.54, 1.807) is 4.57 Å². The van der Waals surface area contributed by atoms with E-state index in [4.69, 9.17) is 4.98 Å². The summed E-state index contributed by atoms with van der Waals surface area (Å²) in [4.78, 5) is 40.3. The molecule has 3 aromatic carbocycles. The number of imidazole rings is 1. The average molecular weight is 509 g/mol. The van der Waals surface area contributed by atoms with E-state index in [1.165, 1.54) is 5.56 Å². The molecule has 1 aliphatic heterocycles. The average Bonchev–Trinajstić information content (AvgIpc) is 3.39. The lowest BCUT2D eigenvalue weighted by Crippen LogP contribution is -2.46. The maximum Gasteiger partial charge on any atom is 0.316 e. The third-order valence-electron chi connectivity index (χ3n) is 7.60. The third-order valence-corrected chi connectivity index (χ3v) is 7.60. The second-order valence-electron chi connectivity index (χ2n) is 9.93. The number of aromatic amines is 2. The number of nitrogens with one attached hydrogen (secondary N) is 2. The summed E-state index contributed by atoms with van der Waals surface area (Å²) in [5.41, 5.74) is 7.17. The molecular weight excluding hydrogens is 476 g/mol. The van der Waals surface area contributed by atoms with Gasteiger partial charge in [-0.15, -0.1) is 0 Å². The third kappa shape index (κ3) is 4.41. The first-order valence-corrected chi connectivity index (χ1v) is 13.3. The van der Waals surface area contributed by atoms with E-state index in [2.05, 4.69) is 69.2 Å². The van der Waals surface area contributed by atoms with Crippen LogP contribution >= 0.6 is 0 Å². The highest BCUT2D eigenvalue weighted by Crippen LogP contribution is 2.29. The van der Waals surface area contributed by atoms with Crippen LogP contribution in [0.15, 0.2) is 70.3 Å². The molecule has 0 amide bonds. The SMILES string of the molecule is CCc1ccc(-c2nc3c(N4CCN(Cc5ccc6[nH]c(=O)c(=O)n(CC)c6c5)CC4)cccc3[nH]2)cc1. The van der Waals surface area contributed by atoms with Crippen LogP contribution in [0.4, 0.5) is 5.69 Å². The van der Waals surface area contributed by atoms with Gasteiger partial charge in [0.25, 0.3) is 0 Å². The topological polar surface area (TPSA) is 90.0 Å². The van der Waals surface area contributed by atoms with Crippen molar-refractivity contribution in [3.05, 3.63) is 92.5 Å². The lowest BCUT2D eigenvalue weighted by atomic mass is 10.1. The molecule has 38 heavy (non-hydrogen) atoms. The molecule has 8 nitrogen and oxygen atoms in total. The predicted molar refractivity (Wildman–Crippen MR) is 153 cm³/mol. The van der Waals surface area contributed by atoms with Gasteiger partial charge in [0, 0.05) is 44.8 Å². The van der Waals surface area contributed by atoms with Crippen molar-refractivity contribution in [3.8, 4) is 11.4 Å². The highest BCUT2D eigenvalue weighted by molar-refractivity contribution is 5.91. The second-order valence-corrected chi connectivity index (χ2v) is 9.93. The number of aromatic nitrogens is 4. The molecule has 0 bridgehead atoms. The molecule has 0 unspecified atom stereocenters. The zero-order valence-electron chi connectivity index (χ0n) is 21.8. The Kier molecular flexibility index (Phi) is 6.33. The fourth-order valence-corrected chi connectivity index (χ4v) is 5.44. The van der Waals surface area contributed by atoms with Crippen LogP contribution in [0.5, 0.6) is 0 Å². The number of hydrogen-bond donors (Lipinski definition) is 2. The lowest BCUT2D eigenvalue weighted by Gasteiger charge is -2.36. The molecule has 2 aromatic heterocycles. The van der Waals surface area contributed by atoms with Crippen LogP contribution in [0.1, 0.15) is 25.0 Å². The molecule has 6 rings (SSSR count). The van der Waals surface area contributed by atoms with Crippen LogP contribution in [0, 0.1) is 0 Å². The summed E-state index contributed by atoms with van der Waals surface area (Å²) in [6.45, 7) is 8.99. The fourth-order valence-electron chi connectivity index (χ4n) is 5.44. The molecule has 0 radical (unpaired) electrons. The summed E-state index contributed by atoms with van der Waals surface area (Å²) in [6.07, 6.45) is 1.03. The van der Waals surface area contributed by atoms with Gasteiger partial charge in [-0.25, -0.2) is 4.98 Å². The number of anilines is 1. The van der Waals surface area contributed by atoms with Crippen LogP contribution < -0.4 is 16.0 Å². The molecule has 0 aliphatic carbocycles. The molecule has 1 fully saturated rings. The Morgan fingerprint density at radius 3 is 2.34 bits per heavy atom. The number of fused-ring (bicyclic) bond motifs is 2. The molecule has 5 aromatic rings. The van der Waals surface area contributed by atoms with Crippen LogP contribution in [0.2, 0.25) is 0 Å². The number of H-pyrrole nitrogens is 2. The van der Waals surface area contributed by atoms with Gasteiger partial charge in [-0.05, 0) is 48.7 Å². The molecule has 0 atom stereocenters. The molecular formula is C30H32N6O2. The van der Waals surface area contributed by atoms with Crippen molar-refractivity contribution < 1.29 is 0 Å². The van der Waals surface area contributed by atoms with Gasteiger partial charge in [0.2, 0.25) is 0 Å². The zero-order chi connectivity index (χ0) is 26.2. The highest BCUT2D eigenvalue weighted by Gasteiger charge is 2.21. The standard InChI is InChI=1S/C30H32N6O2/c1-3-20-8-11-22(12-9-20)28-31-24-6-5-7-25(27(24)33-28)35-16-14-34(15-17-35)19-21-10-13-23-26(18-21)36(4-2)30(38)29(37)32-23/h5-13,18H,3-4,14-17,19H2,1-2H3,(H,31,33)(H,32,37). The molecule has 1 saturated heterocycles. The Labute approximate surface area is 220 Å². The number of aryl methyl sites for hydroxylation is 2. The van der Waals surface area contributed by atoms with Crippen LogP contribution in [-0.4, -0.2) is 50.6 Å². The lowest BCUT2D eigenvalue weighted by molar-refractivity contribution is 0.250. The molecule has 0 saturated carbocycles. The van der Waals surface area contributed by atoms with E-state index in [-0.39, 0.29) is 0 Å². The number of nitrogens with zero attached hydrogens (tertiary/aromatic N) is 4. The first-order chi connectivity index (χ1) is 18.5. The summed E-state index contributed by atoms with van der Waals surface area (Å²) < 4.78 is 1.55. The molecule has 194 valence electrons. The Balaban J connectivity index is 1.19. The van der Waals surface area contributed by atoms with Gasteiger partial charge < -0.3 is 19.4 Å². The molecule has 1 aliphatic rings. The van der Waals surface area contributed by atoms with E-state index in [9.17, 15) is 9.59 Å². The normalized spacial score (nSPS) is 14.5. The number of piperazine rings is 1. The summed E-state index contributed by atoms with van der Waals surface area (Å²) in [5.74, 6) is 0.900. The molecule has 3 heterocycles.